The van der Waals surface area contributed by atoms with E-state index in [-0.39, 0.29) is 11.8 Å². The van der Waals surface area contributed by atoms with Crippen molar-refractivity contribution in [2.45, 2.75) is 44.8 Å². The van der Waals surface area contributed by atoms with Crippen LogP contribution in [0.5, 0.6) is 0 Å². The number of ether oxygens (including phenoxy) is 1. The number of hydrogen-bond donors (Lipinski definition) is 1. The number of furan rings is 1. The van der Waals surface area contributed by atoms with E-state index in [4.69, 9.17) is 10.2 Å². The molecule has 106 valence electrons. The van der Waals surface area contributed by atoms with E-state index in [0.29, 0.717) is 12.6 Å². The summed E-state index contributed by atoms with van der Waals surface area (Å²) in [5.41, 5.74) is 6.04. The molecular formula is C14H22N2O3. The molecule has 0 spiro atoms. The smallest absolute Gasteiger partial charge is 0.373 e. The van der Waals surface area contributed by atoms with E-state index >= 15 is 0 Å². The Hall–Kier alpha value is -1.33. The molecule has 0 bridgehead atoms. The normalized spacial score (nSPS) is 22.2. The van der Waals surface area contributed by atoms with Crippen molar-refractivity contribution in [2.24, 2.45) is 5.73 Å². The summed E-state index contributed by atoms with van der Waals surface area (Å²) in [6.45, 7) is 3.77. The molecule has 19 heavy (non-hydrogen) atoms. The first kappa shape index (κ1) is 14.1. The van der Waals surface area contributed by atoms with Gasteiger partial charge in [-0.25, -0.2) is 4.79 Å². The van der Waals surface area contributed by atoms with Crippen LogP contribution in [0.4, 0.5) is 0 Å². The predicted molar refractivity (Wildman–Crippen MR) is 71.7 cm³/mol. The number of nitrogens with zero attached hydrogens (tertiary/aromatic N) is 1. The highest BCUT2D eigenvalue weighted by Gasteiger charge is 2.26. The summed E-state index contributed by atoms with van der Waals surface area (Å²) >= 11 is 0. The number of carbonyl (C=O) groups is 1. The highest BCUT2D eigenvalue weighted by Crippen LogP contribution is 2.22. The van der Waals surface area contributed by atoms with Gasteiger partial charge in [0.25, 0.3) is 0 Å². The molecule has 1 aliphatic heterocycles. The van der Waals surface area contributed by atoms with Gasteiger partial charge in [-0.15, -0.1) is 0 Å². The fraction of sp³-hybridized carbons (Fsp3) is 0.643. The van der Waals surface area contributed by atoms with E-state index in [2.05, 4.69) is 9.64 Å². The van der Waals surface area contributed by atoms with E-state index in [9.17, 15) is 4.79 Å². The second-order valence-corrected chi connectivity index (χ2v) is 5.15. The van der Waals surface area contributed by atoms with Crippen molar-refractivity contribution >= 4 is 5.97 Å². The van der Waals surface area contributed by atoms with E-state index in [0.717, 1.165) is 18.7 Å². The third-order valence-corrected chi connectivity index (χ3v) is 3.68. The van der Waals surface area contributed by atoms with Gasteiger partial charge in [0.1, 0.15) is 5.76 Å². The van der Waals surface area contributed by atoms with Gasteiger partial charge < -0.3 is 14.9 Å². The van der Waals surface area contributed by atoms with Crippen molar-refractivity contribution in [1.29, 1.82) is 0 Å². The number of carbonyl (C=O) groups excluding carboxylic acids is 1. The van der Waals surface area contributed by atoms with Crippen molar-refractivity contribution in [3.8, 4) is 0 Å². The maximum Gasteiger partial charge on any atom is 0.373 e. The Bertz CT molecular complexity index is 428. The van der Waals surface area contributed by atoms with Crippen LogP contribution in [0.1, 0.15) is 42.5 Å². The maximum atomic E-state index is 11.3. The standard InChI is InChI=1S/C14H22N2O3/c1-10(15)12-5-3-4-8-16(12)9-11-6-7-13(19-11)14(17)18-2/h6-7,10,12H,3-5,8-9,15H2,1-2H3. The molecule has 1 aromatic heterocycles. The molecule has 2 N–H and O–H groups in total. The van der Waals surface area contributed by atoms with Crippen molar-refractivity contribution < 1.29 is 13.9 Å². The quantitative estimate of drug-likeness (QED) is 0.841. The second-order valence-electron chi connectivity index (χ2n) is 5.15. The number of nitrogens with two attached hydrogens (primary N) is 1. The first-order valence-corrected chi connectivity index (χ1v) is 6.78. The minimum absolute atomic E-state index is 0.148. The Balaban J connectivity index is 2.02. The van der Waals surface area contributed by atoms with Gasteiger partial charge in [-0.2, -0.15) is 0 Å². The summed E-state index contributed by atoms with van der Waals surface area (Å²) in [5, 5.41) is 0. The van der Waals surface area contributed by atoms with Crippen molar-refractivity contribution in [2.75, 3.05) is 13.7 Å². The molecule has 1 aliphatic rings. The maximum absolute atomic E-state index is 11.3. The zero-order chi connectivity index (χ0) is 13.8. The Labute approximate surface area is 113 Å². The minimum atomic E-state index is -0.436. The molecule has 2 unspecified atom stereocenters. The van der Waals surface area contributed by atoms with Crippen LogP contribution in [-0.4, -0.2) is 36.6 Å². The Kier molecular flexibility index (Phi) is 4.61. The summed E-state index contributed by atoms with van der Waals surface area (Å²) in [5.74, 6) is 0.605. The van der Waals surface area contributed by atoms with Crippen molar-refractivity contribution in [1.82, 2.24) is 4.90 Å². The fourth-order valence-electron chi connectivity index (χ4n) is 2.68. The number of piperidine rings is 1. The van der Waals surface area contributed by atoms with Crippen molar-refractivity contribution in [3.63, 3.8) is 0 Å². The SMILES string of the molecule is COC(=O)c1ccc(CN2CCCCC2C(C)N)o1. The highest BCUT2D eigenvalue weighted by molar-refractivity contribution is 5.86. The van der Waals surface area contributed by atoms with Gasteiger partial charge in [0.15, 0.2) is 0 Å². The zero-order valence-corrected chi connectivity index (χ0v) is 11.6. The molecule has 0 aromatic carbocycles. The Morgan fingerprint density at radius 2 is 2.37 bits per heavy atom. The third-order valence-electron chi connectivity index (χ3n) is 3.68. The summed E-state index contributed by atoms with van der Waals surface area (Å²) in [6, 6.07) is 4.03. The molecule has 0 radical (unpaired) electrons. The lowest BCUT2D eigenvalue weighted by atomic mass is 9.97. The van der Waals surface area contributed by atoms with Crippen LogP contribution >= 0.6 is 0 Å². The summed E-state index contributed by atoms with van der Waals surface area (Å²) in [6.07, 6.45) is 3.55. The predicted octanol–water partition coefficient (Wildman–Crippen LogP) is 1.77. The van der Waals surface area contributed by atoms with E-state index < -0.39 is 5.97 Å². The van der Waals surface area contributed by atoms with Gasteiger partial charge in [0.05, 0.1) is 13.7 Å². The van der Waals surface area contributed by atoms with Crippen LogP contribution in [0, 0.1) is 0 Å². The number of rotatable bonds is 4. The van der Waals surface area contributed by atoms with Crippen LogP contribution in [0.15, 0.2) is 16.5 Å². The molecule has 0 saturated carbocycles. The lowest BCUT2D eigenvalue weighted by molar-refractivity contribution is 0.0557. The number of likely N-dealkylation sites (tertiary alicyclic amines) is 1. The monoisotopic (exact) mass is 266 g/mol. The van der Waals surface area contributed by atoms with E-state index in [1.54, 1.807) is 6.07 Å². The fourth-order valence-corrected chi connectivity index (χ4v) is 2.68. The molecule has 0 aliphatic carbocycles. The molecule has 1 aromatic rings. The zero-order valence-electron chi connectivity index (χ0n) is 11.6. The molecular weight excluding hydrogens is 244 g/mol. The lowest BCUT2D eigenvalue weighted by Crippen LogP contribution is -2.48. The number of hydrogen-bond acceptors (Lipinski definition) is 5. The van der Waals surface area contributed by atoms with Gasteiger partial charge in [0.2, 0.25) is 5.76 Å². The van der Waals surface area contributed by atoms with Gasteiger partial charge in [-0.05, 0) is 38.4 Å². The Morgan fingerprint density at radius 3 is 3.05 bits per heavy atom. The number of methoxy groups -OCH3 is 1. The summed E-state index contributed by atoms with van der Waals surface area (Å²) in [7, 11) is 1.35. The van der Waals surface area contributed by atoms with Crippen LogP contribution in [0.2, 0.25) is 0 Å². The topological polar surface area (TPSA) is 68.7 Å². The summed E-state index contributed by atoms with van der Waals surface area (Å²) in [4.78, 5) is 13.7. The largest absolute Gasteiger partial charge is 0.463 e. The third kappa shape index (κ3) is 3.36. The molecule has 1 fully saturated rings. The van der Waals surface area contributed by atoms with Crippen LogP contribution in [0.25, 0.3) is 0 Å². The molecule has 2 heterocycles. The molecule has 2 atom stereocenters. The van der Waals surface area contributed by atoms with Crippen LogP contribution in [0.3, 0.4) is 0 Å². The average molecular weight is 266 g/mol. The molecule has 2 rings (SSSR count). The van der Waals surface area contributed by atoms with Crippen LogP contribution in [-0.2, 0) is 11.3 Å². The minimum Gasteiger partial charge on any atom is -0.463 e. The van der Waals surface area contributed by atoms with E-state index in [1.165, 1.54) is 20.0 Å². The first-order valence-electron chi connectivity index (χ1n) is 6.78. The first-order chi connectivity index (χ1) is 9.11. The van der Waals surface area contributed by atoms with E-state index in [1.807, 2.05) is 13.0 Å². The molecule has 1 saturated heterocycles. The second kappa shape index (κ2) is 6.21. The number of esters is 1. The van der Waals surface area contributed by atoms with Gasteiger partial charge >= 0.3 is 5.97 Å². The van der Waals surface area contributed by atoms with Crippen LogP contribution < -0.4 is 5.73 Å². The van der Waals surface area contributed by atoms with Crippen molar-refractivity contribution in [3.05, 3.63) is 23.7 Å². The van der Waals surface area contributed by atoms with Gasteiger partial charge in [-0.1, -0.05) is 6.42 Å². The molecule has 0 amide bonds. The Morgan fingerprint density at radius 1 is 1.58 bits per heavy atom. The molecule has 5 heteroatoms. The molecule has 5 nitrogen and oxygen atoms in total. The van der Waals surface area contributed by atoms with Gasteiger partial charge in [-0.3, -0.25) is 4.90 Å². The lowest BCUT2D eigenvalue weighted by Gasteiger charge is -2.37. The average Bonchev–Trinajstić information content (AvgIpc) is 2.86. The van der Waals surface area contributed by atoms with Gasteiger partial charge in [0, 0.05) is 12.1 Å². The highest BCUT2D eigenvalue weighted by atomic mass is 16.5. The summed E-state index contributed by atoms with van der Waals surface area (Å²) < 4.78 is 10.1.